The van der Waals surface area contributed by atoms with E-state index in [-0.39, 0.29) is 25.4 Å². The number of hydrogen-bond acceptors (Lipinski definition) is 4. The number of benzene rings is 2. The summed E-state index contributed by atoms with van der Waals surface area (Å²) >= 11 is 0. The molecule has 0 aliphatic rings. The highest BCUT2D eigenvalue weighted by Gasteiger charge is 2.21. The van der Waals surface area contributed by atoms with E-state index in [9.17, 15) is 14.7 Å². The van der Waals surface area contributed by atoms with Gasteiger partial charge in [-0.3, -0.25) is 9.59 Å². The van der Waals surface area contributed by atoms with Crippen LogP contribution in [0.5, 0.6) is 5.75 Å². The molecule has 2 aromatic rings. The van der Waals surface area contributed by atoms with Crippen LogP contribution in [-0.2, 0) is 16.1 Å². The number of aliphatic hydroxyl groups excluding tert-OH is 1. The number of aromatic hydroxyl groups is 1. The fraction of sp³-hybridized carbons (Fsp3) is 0.176. The first-order valence-corrected chi connectivity index (χ1v) is 7.14. The lowest BCUT2D eigenvalue weighted by molar-refractivity contribution is -0.143. The van der Waals surface area contributed by atoms with Gasteiger partial charge in [0.05, 0.1) is 6.61 Å². The lowest BCUT2D eigenvalue weighted by Crippen LogP contribution is -2.40. The summed E-state index contributed by atoms with van der Waals surface area (Å²) in [6.07, 6.45) is 0. The average molecular weight is 314 g/mol. The number of anilines is 1. The Hall–Kier alpha value is -2.86. The van der Waals surface area contributed by atoms with Crippen LogP contribution in [0.4, 0.5) is 5.69 Å². The number of nitrogens with one attached hydrogen (secondary N) is 1. The highest BCUT2D eigenvalue weighted by Crippen LogP contribution is 2.15. The SMILES string of the molecule is O=C(Nc1cccc(O)c1)C(=O)N(CCO)Cc1ccccc1. The lowest BCUT2D eigenvalue weighted by Gasteiger charge is -2.21. The highest BCUT2D eigenvalue weighted by molar-refractivity contribution is 6.39. The van der Waals surface area contributed by atoms with Crippen LogP contribution in [0.15, 0.2) is 54.6 Å². The summed E-state index contributed by atoms with van der Waals surface area (Å²) in [5.41, 5.74) is 1.19. The minimum Gasteiger partial charge on any atom is -0.508 e. The van der Waals surface area contributed by atoms with E-state index >= 15 is 0 Å². The van der Waals surface area contributed by atoms with Crippen molar-refractivity contribution in [3.05, 3.63) is 60.2 Å². The lowest BCUT2D eigenvalue weighted by atomic mass is 10.2. The minimum atomic E-state index is -0.819. The van der Waals surface area contributed by atoms with Crippen LogP contribution in [0.1, 0.15) is 5.56 Å². The van der Waals surface area contributed by atoms with Crippen LogP contribution in [0.2, 0.25) is 0 Å². The van der Waals surface area contributed by atoms with E-state index in [1.807, 2.05) is 30.3 Å². The van der Waals surface area contributed by atoms with Gasteiger partial charge in [-0.25, -0.2) is 0 Å². The molecule has 0 aliphatic carbocycles. The molecule has 0 heterocycles. The van der Waals surface area contributed by atoms with E-state index in [0.717, 1.165) is 5.56 Å². The standard InChI is InChI=1S/C17H18N2O4/c20-10-9-19(12-13-5-2-1-3-6-13)17(23)16(22)18-14-7-4-8-15(21)11-14/h1-8,11,20-21H,9-10,12H2,(H,18,22). The number of carbonyl (C=O) groups excluding carboxylic acids is 2. The molecule has 0 saturated heterocycles. The molecule has 0 radical (unpaired) electrons. The number of hydrogen-bond donors (Lipinski definition) is 3. The summed E-state index contributed by atoms with van der Waals surface area (Å²) < 4.78 is 0. The molecule has 0 bridgehead atoms. The van der Waals surface area contributed by atoms with E-state index in [2.05, 4.69) is 5.32 Å². The third-order valence-electron chi connectivity index (χ3n) is 3.17. The molecule has 0 aromatic heterocycles. The molecule has 0 saturated carbocycles. The summed E-state index contributed by atoms with van der Waals surface area (Å²) in [6.45, 7) is 0.0485. The third-order valence-corrected chi connectivity index (χ3v) is 3.17. The zero-order valence-electron chi connectivity index (χ0n) is 12.5. The van der Waals surface area contributed by atoms with Crippen LogP contribution < -0.4 is 5.32 Å². The number of rotatable bonds is 5. The molecular weight excluding hydrogens is 296 g/mol. The van der Waals surface area contributed by atoms with Gasteiger partial charge in [0.15, 0.2) is 0 Å². The van der Waals surface area contributed by atoms with Crippen LogP contribution in [0.3, 0.4) is 0 Å². The predicted octanol–water partition coefficient (Wildman–Crippen LogP) is 1.35. The first-order valence-electron chi connectivity index (χ1n) is 7.14. The zero-order chi connectivity index (χ0) is 16.7. The Labute approximate surface area is 134 Å². The summed E-state index contributed by atoms with van der Waals surface area (Å²) in [5.74, 6) is -1.57. The molecule has 3 N–H and O–H groups in total. The summed E-state index contributed by atoms with van der Waals surface area (Å²) in [6, 6.07) is 15.1. The van der Waals surface area contributed by atoms with Gasteiger partial charge in [-0.05, 0) is 17.7 Å². The van der Waals surface area contributed by atoms with E-state index < -0.39 is 11.8 Å². The van der Waals surface area contributed by atoms with Gasteiger partial charge in [0.1, 0.15) is 5.75 Å². The van der Waals surface area contributed by atoms with Gasteiger partial charge in [0.25, 0.3) is 0 Å². The summed E-state index contributed by atoms with van der Waals surface area (Å²) in [4.78, 5) is 25.6. The number of nitrogens with zero attached hydrogens (tertiary/aromatic N) is 1. The maximum absolute atomic E-state index is 12.3. The minimum absolute atomic E-state index is 0.00764. The van der Waals surface area contributed by atoms with E-state index in [4.69, 9.17) is 5.11 Å². The normalized spacial score (nSPS) is 10.1. The highest BCUT2D eigenvalue weighted by atomic mass is 16.3. The summed E-state index contributed by atoms with van der Waals surface area (Å²) in [7, 11) is 0. The fourth-order valence-corrected chi connectivity index (χ4v) is 2.09. The maximum atomic E-state index is 12.3. The largest absolute Gasteiger partial charge is 0.508 e. The van der Waals surface area contributed by atoms with Gasteiger partial charge in [0, 0.05) is 24.8 Å². The molecule has 120 valence electrons. The molecule has 23 heavy (non-hydrogen) atoms. The van der Waals surface area contributed by atoms with E-state index in [1.165, 1.54) is 17.0 Å². The first kappa shape index (κ1) is 16.5. The number of phenolic OH excluding ortho intramolecular Hbond substituents is 1. The Balaban J connectivity index is 2.06. The number of phenols is 1. The average Bonchev–Trinajstić information content (AvgIpc) is 2.55. The second kappa shape index (κ2) is 7.95. The van der Waals surface area contributed by atoms with Gasteiger partial charge >= 0.3 is 11.8 Å². The van der Waals surface area contributed by atoms with Crippen molar-refractivity contribution < 1.29 is 19.8 Å². The van der Waals surface area contributed by atoms with E-state index in [1.54, 1.807) is 12.1 Å². The first-order chi connectivity index (χ1) is 11.1. The second-order valence-electron chi connectivity index (χ2n) is 4.94. The topological polar surface area (TPSA) is 89.9 Å². The monoisotopic (exact) mass is 314 g/mol. The van der Waals surface area contributed by atoms with Crippen molar-refractivity contribution in [3.63, 3.8) is 0 Å². The molecule has 0 fully saturated rings. The Morgan fingerprint density at radius 1 is 1.04 bits per heavy atom. The molecule has 2 rings (SSSR count). The molecule has 0 unspecified atom stereocenters. The number of amides is 2. The van der Waals surface area contributed by atoms with Crippen molar-refractivity contribution in [1.29, 1.82) is 0 Å². The predicted molar refractivity (Wildman–Crippen MR) is 85.7 cm³/mol. The van der Waals surface area contributed by atoms with Crippen LogP contribution in [-0.4, -0.2) is 40.1 Å². The second-order valence-corrected chi connectivity index (χ2v) is 4.94. The van der Waals surface area contributed by atoms with Gasteiger partial charge in [-0.15, -0.1) is 0 Å². The Kier molecular flexibility index (Phi) is 5.71. The smallest absolute Gasteiger partial charge is 0.313 e. The molecule has 0 aliphatic heterocycles. The molecule has 6 heteroatoms. The van der Waals surface area contributed by atoms with Crippen molar-refractivity contribution in [3.8, 4) is 5.75 Å². The quantitative estimate of drug-likeness (QED) is 0.727. The van der Waals surface area contributed by atoms with Gasteiger partial charge < -0.3 is 20.4 Å². The molecule has 0 spiro atoms. The van der Waals surface area contributed by atoms with Crippen LogP contribution in [0.25, 0.3) is 0 Å². The van der Waals surface area contributed by atoms with Crippen molar-refractivity contribution in [2.45, 2.75) is 6.54 Å². The molecule has 2 amide bonds. The van der Waals surface area contributed by atoms with Gasteiger partial charge in [-0.1, -0.05) is 36.4 Å². The third kappa shape index (κ3) is 4.82. The Morgan fingerprint density at radius 2 is 1.78 bits per heavy atom. The molecule has 6 nitrogen and oxygen atoms in total. The van der Waals surface area contributed by atoms with Crippen molar-refractivity contribution in [1.82, 2.24) is 4.90 Å². The fourth-order valence-electron chi connectivity index (χ4n) is 2.09. The number of carbonyl (C=O) groups is 2. The van der Waals surface area contributed by atoms with Gasteiger partial charge in [-0.2, -0.15) is 0 Å². The molecule has 2 aromatic carbocycles. The van der Waals surface area contributed by atoms with Crippen molar-refractivity contribution >= 4 is 17.5 Å². The van der Waals surface area contributed by atoms with Crippen LogP contribution >= 0.6 is 0 Å². The number of aliphatic hydroxyl groups is 1. The van der Waals surface area contributed by atoms with E-state index in [0.29, 0.717) is 5.69 Å². The Morgan fingerprint density at radius 3 is 2.43 bits per heavy atom. The van der Waals surface area contributed by atoms with Crippen LogP contribution in [0, 0.1) is 0 Å². The maximum Gasteiger partial charge on any atom is 0.313 e. The van der Waals surface area contributed by atoms with Crippen molar-refractivity contribution in [2.24, 2.45) is 0 Å². The van der Waals surface area contributed by atoms with Gasteiger partial charge in [0.2, 0.25) is 0 Å². The Bertz CT molecular complexity index is 673. The van der Waals surface area contributed by atoms with Crippen molar-refractivity contribution in [2.75, 3.05) is 18.5 Å². The molecule has 0 atom stereocenters. The summed E-state index contributed by atoms with van der Waals surface area (Å²) in [5, 5.41) is 20.9. The zero-order valence-corrected chi connectivity index (χ0v) is 12.5. The molecular formula is C17H18N2O4.